The minimum absolute atomic E-state index is 0.314. The van der Waals surface area contributed by atoms with Gasteiger partial charge in [0.25, 0.3) is 5.91 Å². The number of nitrogens with zero attached hydrogens (tertiary/aromatic N) is 2. The maximum absolute atomic E-state index is 12.0. The van der Waals surface area contributed by atoms with Crippen molar-refractivity contribution in [2.45, 2.75) is 0 Å². The number of nitrogens with two attached hydrogens (primary N) is 2. The second kappa shape index (κ2) is 5.54. The number of hydrogen-bond acceptors (Lipinski definition) is 5. The molecule has 0 saturated carbocycles. The first-order valence-corrected chi connectivity index (χ1v) is 6.70. The van der Waals surface area contributed by atoms with E-state index in [0.717, 1.165) is 0 Å². The van der Waals surface area contributed by atoms with Crippen LogP contribution in [0.5, 0.6) is 0 Å². The Hall–Kier alpha value is -1.67. The van der Waals surface area contributed by atoms with Crippen LogP contribution in [-0.2, 0) is 0 Å². The molecule has 0 aliphatic heterocycles. The van der Waals surface area contributed by atoms with Crippen LogP contribution in [0.2, 0.25) is 0 Å². The predicted molar refractivity (Wildman–Crippen MR) is 80.7 cm³/mol. The van der Waals surface area contributed by atoms with Gasteiger partial charge in [-0.15, -0.1) is 0 Å². The molecule has 0 unspecified atom stereocenters. The Morgan fingerprint density at radius 1 is 1.16 bits per heavy atom. The monoisotopic (exact) mass is 385 g/mol. The van der Waals surface area contributed by atoms with E-state index in [0.29, 0.717) is 32.0 Å². The highest BCUT2D eigenvalue weighted by atomic mass is 79.9. The zero-order chi connectivity index (χ0) is 14.0. The zero-order valence-electron chi connectivity index (χ0n) is 9.52. The average Bonchev–Trinajstić information content (AvgIpc) is 2.31. The van der Waals surface area contributed by atoms with E-state index >= 15 is 0 Å². The van der Waals surface area contributed by atoms with E-state index in [2.05, 4.69) is 47.1 Å². The van der Waals surface area contributed by atoms with Gasteiger partial charge in [-0.3, -0.25) is 4.79 Å². The molecule has 1 aromatic carbocycles. The number of aromatic nitrogens is 2. The first-order chi connectivity index (χ1) is 8.95. The Balaban J connectivity index is 2.25. The van der Waals surface area contributed by atoms with Crippen molar-refractivity contribution >= 4 is 55.0 Å². The SMILES string of the molecule is Nc1cc(N)cc(C(=O)Nc2ncc(Br)nc2Br)c1. The van der Waals surface area contributed by atoms with Gasteiger partial charge in [0.2, 0.25) is 0 Å². The van der Waals surface area contributed by atoms with E-state index in [1.807, 2.05) is 0 Å². The molecule has 0 spiro atoms. The normalized spacial score (nSPS) is 10.2. The summed E-state index contributed by atoms with van der Waals surface area (Å²) in [6, 6.07) is 4.64. The van der Waals surface area contributed by atoms with E-state index in [1.165, 1.54) is 18.3 Å². The molecule has 2 rings (SSSR count). The van der Waals surface area contributed by atoms with Crippen LogP contribution < -0.4 is 16.8 Å². The topological polar surface area (TPSA) is 107 Å². The molecule has 0 atom stereocenters. The highest BCUT2D eigenvalue weighted by molar-refractivity contribution is 9.11. The Morgan fingerprint density at radius 2 is 1.79 bits per heavy atom. The van der Waals surface area contributed by atoms with Crippen molar-refractivity contribution in [3.05, 3.63) is 39.2 Å². The van der Waals surface area contributed by atoms with E-state index in [-0.39, 0.29) is 5.91 Å². The highest BCUT2D eigenvalue weighted by Gasteiger charge is 2.11. The van der Waals surface area contributed by atoms with Crippen molar-refractivity contribution in [1.29, 1.82) is 0 Å². The van der Waals surface area contributed by atoms with E-state index in [9.17, 15) is 4.79 Å². The maximum Gasteiger partial charge on any atom is 0.257 e. The van der Waals surface area contributed by atoms with Crippen LogP contribution >= 0.6 is 31.9 Å². The first kappa shape index (κ1) is 13.8. The number of rotatable bonds is 2. The molecular weight excluding hydrogens is 378 g/mol. The van der Waals surface area contributed by atoms with Crippen LogP contribution in [0.15, 0.2) is 33.6 Å². The highest BCUT2D eigenvalue weighted by Crippen LogP contribution is 2.21. The molecule has 1 aromatic heterocycles. The average molecular weight is 387 g/mol. The van der Waals surface area contributed by atoms with Crippen molar-refractivity contribution in [3.63, 3.8) is 0 Å². The molecule has 0 saturated heterocycles. The van der Waals surface area contributed by atoms with Crippen molar-refractivity contribution < 1.29 is 4.79 Å². The third-order valence-corrected chi connectivity index (χ3v) is 3.11. The number of halogens is 2. The molecule has 8 heteroatoms. The molecule has 19 heavy (non-hydrogen) atoms. The largest absolute Gasteiger partial charge is 0.399 e. The summed E-state index contributed by atoms with van der Waals surface area (Å²) in [5, 5.41) is 2.62. The Bertz CT molecular complexity index is 627. The van der Waals surface area contributed by atoms with E-state index in [4.69, 9.17) is 11.5 Å². The molecule has 1 amide bonds. The number of hydrogen-bond donors (Lipinski definition) is 3. The number of nitrogens with one attached hydrogen (secondary N) is 1. The van der Waals surface area contributed by atoms with Gasteiger partial charge in [-0.25, -0.2) is 9.97 Å². The minimum Gasteiger partial charge on any atom is -0.399 e. The molecule has 0 fully saturated rings. The van der Waals surface area contributed by atoms with Crippen LogP contribution in [0.4, 0.5) is 17.2 Å². The molecular formula is C11H9Br2N5O. The molecule has 98 valence electrons. The summed E-state index contributed by atoms with van der Waals surface area (Å²) in [6.07, 6.45) is 1.48. The standard InChI is InChI=1S/C11H9Br2N5O/c12-8-4-16-10(9(13)17-8)18-11(19)5-1-6(14)3-7(15)2-5/h1-4H,14-15H2,(H,16,18,19). The molecule has 0 aliphatic rings. The lowest BCUT2D eigenvalue weighted by molar-refractivity contribution is 0.102. The molecule has 0 bridgehead atoms. The van der Waals surface area contributed by atoms with Crippen molar-refractivity contribution in [2.24, 2.45) is 0 Å². The third kappa shape index (κ3) is 3.42. The number of anilines is 3. The van der Waals surface area contributed by atoms with Gasteiger partial charge in [0.15, 0.2) is 5.82 Å². The fourth-order valence-electron chi connectivity index (χ4n) is 1.42. The quantitative estimate of drug-likeness (QED) is 0.687. The lowest BCUT2D eigenvalue weighted by atomic mass is 10.1. The number of benzene rings is 1. The van der Waals surface area contributed by atoms with E-state index in [1.54, 1.807) is 6.07 Å². The Kier molecular flexibility index (Phi) is 4.01. The van der Waals surface area contributed by atoms with Gasteiger partial charge in [0.1, 0.15) is 9.21 Å². The van der Waals surface area contributed by atoms with Gasteiger partial charge in [0.05, 0.1) is 6.20 Å². The summed E-state index contributed by atoms with van der Waals surface area (Å²) in [5.41, 5.74) is 12.5. The molecule has 2 aromatic rings. The zero-order valence-corrected chi connectivity index (χ0v) is 12.7. The van der Waals surface area contributed by atoms with Crippen molar-refractivity contribution in [1.82, 2.24) is 9.97 Å². The van der Waals surface area contributed by atoms with Gasteiger partial charge in [0, 0.05) is 16.9 Å². The van der Waals surface area contributed by atoms with E-state index < -0.39 is 0 Å². The Labute approximate surface area is 125 Å². The summed E-state index contributed by atoms with van der Waals surface area (Å²) < 4.78 is 0.984. The second-order valence-corrected chi connectivity index (χ2v) is 5.24. The lowest BCUT2D eigenvalue weighted by Crippen LogP contribution is -2.14. The first-order valence-electron chi connectivity index (χ1n) is 5.11. The van der Waals surface area contributed by atoms with Gasteiger partial charge in [-0.05, 0) is 50.1 Å². The Morgan fingerprint density at radius 3 is 2.37 bits per heavy atom. The molecule has 6 nitrogen and oxygen atoms in total. The third-order valence-electron chi connectivity index (χ3n) is 2.17. The number of amides is 1. The van der Waals surface area contributed by atoms with Crippen LogP contribution in [-0.4, -0.2) is 15.9 Å². The molecule has 5 N–H and O–H groups in total. The smallest absolute Gasteiger partial charge is 0.257 e. The van der Waals surface area contributed by atoms with Crippen LogP contribution in [0.25, 0.3) is 0 Å². The van der Waals surface area contributed by atoms with Gasteiger partial charge < -0.3 is 16.8 Å². The van der Waals surface area contributed by atoms with Crippen molar-refractivity contribution in [3.8, 4) is 0 Å². The predicted octanol–water partition coefficient (Wildman–Crippen LogP) is 2.42. The summed E-state index contributed by atoms with van der Waals surface area (Å²) >= 11 is 6.39. The van der Waals surface area contributed by atoms with Gasteiger partial charge in [-0.2, -0.15) is 0 Å². The molecule has 0 aliphatic carbocycles. The minimum atomic E-state index is -0.365. The van der Waals surface area contributed by atoms with Gasteiger partial charge >= 0.3 is 0 Å². The number of nitrogen functional groups attached to an aromatic ring is 2. The second-order valence-electron chi connectivity index (χ2n) is 3.67. The van der Waals surface area contributed by atoms with Crippen molar-refractivity contribution in [2.75, 3.05) is 16.8 Å². The summed E-state index contributed by atoms with van der Waals surface area (Å²) in [5.74, 6) is -0.0504. The van der Waals surface area contributed by atoms with Crippen LogP contribution in [0.1, 0.15) is 10.4 Å². The number of carbonyl (C=O) groups is 1. The molecule has 1 heterocycles. The maximum atomic E-state index is 12.0. The molecule has 0 radical (unpaired) electrons. The van der Waals surface area contributed by atoms with Crippen LogP contribution in [0, 0.1) is 0 Å². The lowest BCUT2D eigenvalue weighted by Gasteiger charge is -2.07. The summed E-state index contributed by atoms with van der Waals surface area (Å²) in [6.45, 7) is 0. The fourth-order valence-corrected chi connectivity index (χ4v) is 2.33. The fraction of sp³-hybridized carbons (Fsp3) is 0. The summed E-state index contributed by atoms with van der Waals surface area (Å²) in [4.78, 5) is 20.1. The van der Waals surface area contributed by atoms with Crippen LogP contribution in [0.3, 0.4) is 0 Å². The summed E-state index contributed by atoms with van der Waals surface area (Å²) in [7, 11) is 0. The number of carbonyl (C=O) groups excluding carboxylic acids is 1. The van der Waals surface area contributed by atoms with Gasteiger partial charge in [-0.1, -0.05) is 0 Å².